The van der Waals surface area contributed by atoms with Crippen molar-refractivity contribution in [3.05, 3.63) is 0 Å². The summed E-state index contributed by atoms with van der Waals surface area (Å²) in [6.45, 7) is 4.34. The van der Waals surface area contributed by atoms with Gasteiger partial charge in [0.1, 0.15) is 0 Å². The van der Waals surface area contributed by atoms with Crippen molar-refractivity contribution in [2.24, 2.45) is 0 Å². The molecule has 104 valence electrons. The molecule has 0 atom stereocenters. The minimum Gasteiger partial charge on any atom is -0.354 e. The second-order valence-corrected chi connectivity index (χ2v) is 4.12. The van der Waals surface area contributed by atoms with E-state index in [0.717, 1.165) is 0 Å². The third-order valence-electron chi connectivity index (χ3n) is 1.83. The number of hydrogen-bond donors (Lipinski definition) is 1. The van der Waals surface area contributed by atoms with Gasteiger partial charge in [0.15, 0.2) is 0 Å². The van der Waals surface area contributed by atoms with Gasteiger partial charge in [0.25, 0.3) is 0 Å². The molecule has 0 bridgehead atoms. The summed E-state index contributed by atoms with van der Waals surface area (Å²) in [5.41, 5.74) is -1.56. The van der Waals surface area contributed by atoms with Crippen molar-refractivity contribution in [1.29, 1.82) is 0 Å². The van der Waals surface area contributed by atoms with Gasteiger partial charge in [-0.2, -0.15) is 26.3 Å². The second kappa shape index (κ2) is 5.43. The highest BCUT2D eigenvalue weighted by Crippen LogP contribution is 2.37. The van der Waals surface area contributed by atoms with E-state index in [0.29, 0.717) is 6.54 Å². The van der Waals surface area contributed by atoms with Crippen LogP contribution in [0.5, 0.6) is 0 Å². The fourth-order valence-electron chi connectivity index (χ4n) is 1.11. The van der Waals surface area contributed by atoms with Gasteiger partial charge in [-0.05, 0) is 20.4 Å². The van der Waals surface area contributed by atoms with Gasteiger partial charge >= 0.3 is 12.4 Å². The number of alkyl halides is 6. The summed E-state index contributed by atoms with van der Waals surface area (Å²) in [6.07, 6.45) is -14.7. The molecule has 17 heavy (non-hydrogen) atoms. The second-order valence-electron chi connectivity index (χ2n) is 4.12. The van der Waals surface area contributed by atoms with Crippen molar-refractivity contribution in [3.8, 4) is 0 Å². The molecule has 0 rings (SSSR count). The summed E-state index contributed by atoms with van der Waals surface area (Å²) >= 11 is 0. The van der Waals surface area contributed by atoms with Crippen LogP contribution in [0.15, 0.2) is 0 Å². The number of ether oxygens (including phenoxy) is 1. The van der Waals surface area contributed by atoms with Crippen LogP contribution in [0.1, 0.15) is 20.8 Å². The molecule has 0 saturated carbocycles. The van der Waals surface area contributed by atoms with Crippen LogP contribution in [0.2, 0.25) is 0 Å². The maximum atomic E-state index is 12.2. The number of halogens is 6. The van der Waals surface area contributed by atoms with Crippen LogP contribution in [-0.2, 0) is 4.74 Å². The van der Waals surface area contributed by atoms with E-state index in [2.05, 4.69) is 10.1 Å². The van der Waals surface area contributed by atoms with Gasteiger partial charge in [-0.25, -0.2) is 0 Å². The largest absolute Gasteiger partial charge is 0.423 e. The molecule has 0 unspecified atom stereocenters. The molecular weight excluding hydrogens is 252 g/mol. The van der Waals surface area contributed by atoms with Crippen LogP contribution in [0, 0.1) is 0 Å². The normalized spacial score (nSPS) is 14.5. The summed E-state index contributed by atoms with van der Waals surface area (Å²) in [5, 5.41) is 2.64. The van der Waals surface area contributed by atoms with Crippen LogP contribution >= 0.6 is 0 Å². The third kappa shape index (κ3) is 6.11. The topological polar surface area (TPSA) is 21.3 Å². The standard InChI is InChI=1S/C9H15F6NO/c1-4-16-5-7(2,3)17-6(8(10,11)12)9(13,14)15/h6,16H,4-5H2,1-3H3. The van der Waals surface area contributed by atoms with Crippen molar-refractivity contribution >= 4 is 0 Å². The molecule has 0 aromatic rings. The average molecular weight is 267 g/mol. The molecule has 0 radical (unpaired) electrons. The molecule has 1 N–H and O–H groups in total. The molecule has 0 fully saturated rings. The molecule has 0 aliphatic heterocycles. The van der Waals surface area contributed by atoms with Crippen LogP contribution < -0.4 is 5.32 Å². The lowest BCUT2D eigenvalue weighted by Crippen LogP contribution is -2.51. The Morgan fingerprint density at radius 1 is 1.00 bits per heavy atom. The van der Waals surface area contributed by atoms with E-state index in [9.17, 15) is 26.3 Å². The molecule has 0 aliphatic carbocycles. The van der Waals surface area contributed by atoms with Crippen molar-refractivity contribution in [1.82, 2.24) is 5.32 Å². The quantitative estimate of drug-likeness (QED) is 0.773. The molecule has 0 amide bonds. The SMILES string of the molecule is CCNCC(C)(C)OC(C(F)(F)F)C(F)(F)F. The van der Waals surface area contributed by atoms with Gasteiger partial charge in [0, 0.05) is 6.54 Å². The van der Waals surface area contributed by atoms with E-state index in [4.69, 9.17) is 0 Å². The summed E-state index contributed by atoms with van der Waals surface area (Å²) in [5.74, 6) is 0. The predicted molar refractivity (Wildman–Crippen MR) is 49.6 cm³/mol. The Hall–Kier alpha value is -0.500. The Bertz CT molecular complexity index is 221. The molecular formula is C9H15F6NO. The van der Waals surface area contributed by atoms with E-state index in [1.54, 1.807) is 6.92 Å². The zero-order chi connectivity index (χ0) is 13.9. The summed E-state index contributed by atoms with van der Waals surface area (Å²) in [6, 6.07) is 0. The molecule has 0 saturated heterocycles. The van der Waals surface area contributed by atoms with E-state index >= 15 is 0 Å². The summed E-state index contributed by atoms with van der Waals surface area (Å²) in [4.78, 5) is 0. The number of hydrogen-bond acceptors (Lipinski definition) is 2. The molecule has 0 aliphatic rings. The number of rotatable bonds is 5. The van der Waals surface area contributed by atoms with Gasteiger partial charge in [0.05, 0.1) is 5.60 Å². The van der Waals surface area contributed by atoms with Crippen molar-refractivity contribution in [2.75, 3.05) is 13.1 Å². The first-order valence-electron chi connectivity index (χ1n) is 4.92. The van der Waals surface area contributed by atoms with Gasteiger partial charge in [0.2, 0.25) is 6.10 Å². The van der Waals surface area contributed by atoms with E-state index in [1.807, 2.05) is 0 Å². The maximum absolute atomic E-state index is 12.2. The van der Waals surface area contributed by atoms with E-state index in [1.165, 1.54) is 13.8 Å². The van der Waals surface area contributed by atoms with Gasteiger partial charge in [-0.3, -0.25) is 0 Å². The van der Waals surface area contributed by atoms with E-state index in [-0.39, 0.29) is 6.54 Å². The number of likely N-dealkylation sites (N-methyl/N-ethyl adjacent to an activating group) is 1. The monoisotopic (exact) mass is 267 g/mol. The van der Waals surface area contributed by atoms with Crippen molar-refractivity contribution in [3.63, 3.8) is 0 Å². The smallest absolute Gasteiger partial charge is 0.354 e. The Balaban J connectivity index is 4.77. The first kappa shape index (κ1) is 16.5. The summed E-state index contributed by atoms with van der Waals surface area (Å²) < 4.78 is 77.4. The zero-order valence-electron chi connectivity index (χ0n) is 9.67. The highest BCUT2D eigenvalue weighted by molar-refractivity contribution is 4.82. The van der Waals surface area contributed by atoms with Gasteiger partial charge < -0.3 is 10.1 Å². The van der Waals surface area contributed by atoms with Gasteiger partial charge in [-0.1, -0.05) is 6.92 Å². The summed E-state index contributed by atoms with van der Waals surface area (Å²) in [7, 11) is 0. The van der Waals surface area contributed by atoms with Gasteiger partial charge in [-0.15, -0.1) is 0 Å². The van der Waals surface area contributed by atoms with Crippen LogP contribution in [0.4, 0.5) is 26.3 Å². The molecule has 0 aromatic carbocycles. The van der Waals surface area contributed by atoms with Crippen molar-refractivity contribution < 1.29 is 31.1 Å². The predicted octanol–water partition coefficient (Wildman–Crippen LogP) is 2.88. The van der Waals surface area contributed by atoms with Crippen LogP contribution in [0.3, 0.4) is 0 Å². The average Bonchev–Trinajstić information content (AvgIpc) is 2.08. The lowest BCUT2D eigenvalue weighted by atomic mass is 10.1. The lowest BCUT2D eigenvalue weighted by Gasteiger charge is -2.33. The highest BCUT2D eigenvalue weighted by Gasteiger charge is 2.59. The fourth-order valence-corrected chi connectivity index (χ4v) is 1.11. The fraction of sp³-hybridized carbons (Fsp3) is 1.00. The minimum atomic E-state index is -5.47. The van der Waals surface area contributed by atoms with Crippen LogP contribution in [-0.4, -0.2) is 37.1 Å². The Labute approximate surface area is 95.3 Å². The number of nitrogens with one attached hydrogen (secondary N) is 1. The Morgan fingerprint density at radius 3 is 1.71 bits per heavy atom. The minimum absolute atomic E-state index is 0.105. The van der Waals surface area contributed by atoms with Crippen LogP contribution in [0.25, 0.3) is 0 Å². The maximum Gasteiger partial charge on any atom is 0.423 e. The Kier molecular flexibility index (Phi) is 5.27. The first-order valence-corrected chi connectivity index (χ1v) is 4.92. The lowest BCUT2D eigenvalue weighted by molar-refractivity contribution is -0.340. The molecule has 0 spiro atoms. The van der Waals surface area contributed by atoms with E-state index < -0.39 is 24.1 Å². The zero-order valence-corrected chi connectivity index (χ0v) is 9.67. The Morgan fingerprint density at radius 2 is 1.41 bits per heavy atom. The molecule has 0 heterocycles. The molecule has 2 nitrogen and oxygen atoms in total. The van der Waals surface area contributed by atoms with Crippen molar-refractivity contribution in [2.45, 2.75) is 44.8 Å². The first-order chi connectivity index (χ1) is 7.40. The third-order valence-corrected chi connectivity index (χ3v) is 1.83. The molecule has 8 heteroatoms. The molecule has 0 aromatic heterocycles. The highest BCUT2D eigenvalue weighted by atomic mass is 19.4.